The summed E-state index contributed by atoms with van der Waals surface area (Å²) in [5.41, 5.74) is 1.71. The monoisotopic (exact) mass is 322 g/mol. The normalized spacial score (nSPS) is 10.7. The summed E-state index contributed by atoms with van der Waals surface area (Å²) in [6.07, 6.45) is 0.252. The van der Waals surface area contributed by atoms with E-state index in [2.05, 4.69) is 0 Å². The van der Waals surface area contributed by atoms with E-state index in [0.29, 0.717) is 17.9 Å². The van der Waals surface area contributed by atoms with E-state index in [4.69, 9.17) is 9.84 Å². The molecule has 0 aliphatic rings. The molecule has 0 heterocycles. The highest BCUT2D eigenvalue weighted by atomic mass is 16.5. The Bertz CT molecular complexity index is 856. The smallest absolute Gasteiger partial charge is 0.303 e. The number of fused-ring (bicyclic) bond motifs is 1. The number of hydrogen-bond acceptors (Lipinski definition) is 3. The van der Waals surface area contributed by atoms with Crippen LogP contribution in [0.5, 0.6) is 11.5 Å². The van der Waals surface area contributed by atoms with E-state index >= 15 is 0 Å². The molecule has 0 amide bonds. The van der Waals surface area contributed by atoms with Crippen LogP contribution in [-0.4, -0.2) is 16.2 Å². The highest BCUT2D eigenvalue weighted by Crippen LogP contribution is 2.31. The first kappa shape index (κ1) is 15.9. The number of carboxylic acid groups (broad SMARTS) is 1. The number of phenols is 1. The Morgan fingerprint density at radius 3 is 2.50 bits per heavy atom. The fourth-order valence-corrected chi connectivity index (χ4v) is 2.67. The molecular weight excluding hydrogens is 304 g/mol. The largest absolute Gasteiger partial charge is 0.508 e. The molecule has 24 heavy (non-hydrogen) atoms. The summed E-state index contributed by atoms with van der Waals surface area (Å²) < 4.78 is 5.82. The number of hydrogen-bond donors (Lipinski definition) is 2. The zero-order valence-electron chi connectivity index (χ0n) is 13.1. The molecule has 3 aromatic rings. The summed E-state index contributed by atoms with van der Waals surface area (Å²) in [6.45, 7) is 0.454. The van der Waals surface area contributed by atoms with E-state index in [1.54, 1.807) is 6.07 Å². The molecule has 0 saturated heterocycles. The Morgan fingerprint density at radius 1 is 1.00 bits per heavy atom. The second-order valence-corrected chi connectivity index (χ2v) is 5.61. The minimum absolute atomic E-state index is 0.0260. The number of rotatable bonds is 6. The Hall–Kier alpha value is -3.01. The first-order valence-electron chi connectivity index (χ1n) is 7.76. The standard InChI is InChI=1S/C20H18O4/c21-19-10-7-15-6-8-16(24-13-14-4-2-1-3-5-14)12-18(15)17(19)9-11-20(22)23/h1-8,10,12,21H,9,11,13H2,(H,22,23). The van der Waals surface area contributed by atoms with Gasteiger partial charge in [-0.3, -0.25) is 4.79 Å². The molecule has 3 aromatic carbocycles. The van der Waals surface area contributed by atoms with Crippen molar-refractivity contribution in [3.8, 4) is 11.5 Å². The van der Waals surface area contributed by atoms with Gasteiger partial charge in [-0.15, -0.1) is 0 Å². The molecule has 0 aliphatic carbocycles. The molecule has 0 unspecified atom stereocenters. The molecule has 0 spiro atoms. The van der Waals surface area contributed by atoms with Crippen molar-refractivity contribution in [3.63, 3.8) is 0 Å². The number of aryl methyl sites for hydroxylation is 1. The average molecular weight is 322 g/mol. The third-order valence-electron chi connectivity index (χ3n) is 3.92. The fraction of sp³-hybridized carbons (Fsp3) is 0.150. The summed E-state index contributed by atoms with van der Waals surface area (Å²) in [5.74, 6) is -0.0830. The number of carbonyl (C=O) groups is 1. The summed E-state index contributed by atoms with van der Waals surface area (Å²) in [7, 11) is 0. The quantitative estimate of drug-likeness (QED) is 0.716. The lowest BCUT2D eigenvalue weighted by Gasteiger charge is -2.11. The van der Waals surface area contributed by atoms with Crippen molar-refractivity contribution in [3.05, 3.63) is 71.8 Å². The third-order valence-corrected chi connectivity index (χ3v) is 3.92. The van der Waals surface area contributed by atoms with Gasteiger partial charge < -0.3 is 14.9 Å². The Labute approximate surface area is 139 Å². The van der Waals surface area contributed by atoms with Gasteiger partial charge in [-0.05, 0) is 41.0 Å². The van der Waals surface area contributed by atoms with Crippen LogP contribution >= 0.6 is 0 Å². The summed E-state index contributed by atoms with van der Waals surface area (Å²) in [4.78, 5) is 10.8. The lowest BCUT2D eigenvalue weighted by molar-refractivity contribution is -0.136. The van der Waals surface area contributed by atoms with Gasteiger partial charge in [-0.1, -0.05) is 42.5 Å². The molecule has 0 atom stereocenters. The second kappa shape index (κ2) is 7.04. The van der Waals surface area contributed by atoms with E-state index in [1.807, 2.05) is 54.6 Å². The van der Waals surface area contributed by atoms with Gasteiger partial charge in [-0.2, -0.15) is 0 Å². The number of aromatic hydroxyl groups is 1. The highest BCUT2D eigenvalue weighted by Gasteiger charge is 2.10. The molecule has 0 saturated carbocycles. The third kappa shape index (κ3) is 3.66. The summed E-state index contributed by atoms with van der Waals surface area (Å²) in [6, 6.07) is 18.9. The number of phenolic OH excluding ortho intramolecular Hbond substituents is 1. The van der Waals surface area contributed by atoms with E-state index in [1.165, 1.54) is 0 Å². The molecule has 3 rings (SSSR count). The van der Waals surface area contributed by atoms with Crippen LogP contribution in [0.25, 0.3) is 10.8 Å². The van der Waals surface area contributed by atoms with Crippen molar-refractivity contribution in [1.82, 2.24) is 0 Å². The van der Waals surface area contributed by atoms with Gasteiger partial charge in [-0.25, -0.2) is 0 Å². The molecular formula is C20H18O4. The molecule has 0 bridgehead atoms. The summed E-state index contributed by atoms with van der Waals surface area (Å²) in [5, 5.41) is 20.7. The van der Waals surface area contributed by atoms with Crippen LogP contribution in [0, 0.1) is 0 Å². The van der Waals surface area contributed by atoms with Gasteiger partial charge in [0.2, 0.25) is 0 Å². The Kier molecular flexibility index (Phi) is 4.66. The maximum atomic E-state index is 10.8. The molecule has 2 N–H and O–H groups in total. The number of ether oxygens (including phenoxy) is 1. The predicted octanol–water partition coefficient (Wildman–Crippen LogP) is 4.14. The summed E-state index contributed by atoms with van der Waals surface area (Å²) >= 11 is 0. The van der Waals surface area contributed by atoms with Gasteiger partial charge in [0.25, 0.3) is 0 Å². The zero-order valence-corrected chi connectivity index (χ0v) is 13.1. The molecule has 0 aromatic heterocycles. The van der Waals surface area contributed by atoms with Crippen molar-refractivity contribution in [2.45, 2.75) is 19.4 Å². The van der Waals surface area contributed by atoms with Crippen LogP contribution in [-0.2, 0) is 17.8 Å². The molecule has 122 valence electrons. The second-order valence-electron chi connectivity index (χ2n) is 5.61. The molecule has 4 heteroatoms. The van der Waals surface area contributed by atoms with Crippen LogP contribution in [0.15, 0.2) is 60.7 Å². The van der Waals surface area contributed by atoms with Crippen molar-refractivity contribution >= 4 is 16.7 Å². The maximum Gasteiger partial charge on any atom is 0.303 e. The van der Waals surface area contributed by atoms with Crippen LogP contribution in [0.4, 0.5) is 0 Å². The Balaban J connectivity index is 1.88. The minimum atomic E-state index is -0.886. The van der Waals surface area contributed by atoms with Crippen LogP contribution in [0.1, 0.15) is 17.5 Å². The topological polar surface area (TPSA) is 66.8 Å². The van der Waals surface area contributed by atoms with E-state index in [0.717, 1.165) is 16.3 Å². The first-order valence-corrected chi connectivity index (χ1v) is 7.76. The van der Waals surface area contributed by atoms with Crippen molar-refractivity contribution in [2.24, 2.45) is 0 Å². The molecule has 0 radical (unpaired) electrons. The van der Waals surface area contributed by atoms with Crippen molar-refractivity contribution in [1.29, 1.82) is 0 Å². The Morgan fingerprint density at radius 2 is 1.75 bits per heavy atom. The van der Waals surface area contributed by atoms with Crippen LogP contribution in [0.3, 0.4) is 0 Å². The van der Waals surface area contributed by atoms with Gasteiger partial charge in [0, 0.05) is 12.0 Å². The number of benzene rings is 3. The van der Waals surface area contributed by atoms with E-state index in [-0.39, 0.29) is 18.6 Å². The maximum absolute atomic E-state index is 10.8. The van der Waals surface area contributed by atoms with Crippen LogP contribution in [0.2, 0.25) is 0 Å². The average Bonchev–Trinajstić information content (AvgIpc) is 2.59. The number of aliphatic carboxylic acids is 1. The minimum Gasteiger partial charge on any atom is -0.508 e. The van der Waals surface area contributed by atoms with E-state index < -0.39 is 5.97 Å². The van der Waals surface area contributed by atoms with E-state index in [9.17, 15) is 9.90 Å². The van der Waals surface area contributed by atoms with Crippen molar-refractivity contribution in [2.75, 3.05) is 0 Å². The predicted molar refractivity (Wildman–Crippen MR) is 92.3 cm³/mol. The fourth-order valence-electron chi connectivity index (χ4n) is 2.67. The van der Waals surface area contributed by atoms with Crippen LogP contribution < -0.4 is 4.74 Å². The van der Waals surface area contributed by atoms with Gasteiger partial charge in [0.15, 0.2) is 0 Å². The lowest BCUT2D eigenvalue weighted by Crippen LogP contribution is -1.99. The molecule has 0 aliphatic heterocycles. The van der Waals surface area contributed by atoms with Gasteiger partial charge >= 0.3 is 5.97 Å². The SMILES string of the molecule is O=C(O)CCc1c(O)ccc2ccc(OCc3ccccc3)cc12. The van der Waals surface area contributed by atoms with Crippen molar-refractivity contribution < 1.29 is 19.7 Å². The lowest BCUT2D eigenvalue weighted by atomic mass is 9.99. The van der Waals surface area contributed by atoms with Gasteiger partial charge in [0.05, 0.1) is 0 Å². The zero-order chi connectivity index (χ0) is 16.9. The molecule has 0 fully saturated rings. The highest BCUT2D eigenvalue weighted by molar-refractivity contribution is 5.89. The molecule has 4 nitrogen and oxygen atoms in total. The first-order chi connectivity index (χ1) is 11.6. The number of carboxylic acids is 1. The van der Waals surface area contributed by atoms with Gasteiger partial charge in [0.1, 0.15) is 18.1 Å².